The van der Waals surface area contributed by atoms with Gasteiger partial charge in [0.2, 0.25) is 0 Å². The van der Waals surface area contributed by atoms with Crippen molar-refractivity contribution in [3.63, 3.8) is 0 Å². The van der Waals surface area contributed by atoms with E-state index in [2.05, 4.69) is 26.1 Å². The van der Waals surface area contributed by atoms with Gasteiger partial charge >= 0.3 is 12.5 Å². The highest BCUT2D eigenvalue weighted by molar-refractivity contribution is 6.43. The number of nitrogens with zero attached hydrogens (tertiary/aromatic N) is 3. The molecule has 2 aromatic carbocycles. The molecule has 2 aliphatic carbocycles. The number of nitriles is 1. The molecule has 3 aliphatic heterocycles. The first kappa shape index (κ1) is 33.8. The number of carbonyl (C=O) groups excluding carboxylic acids is 1. The van der Waals surface area contributed by atoms with Crippen molar-refractivity contribution >= 4 is 51.1 Å². The molecule has 4 bridgehead atoms. The van der Waals surface area contributed by atoms with E-state index in [1.54, 1.807) is 37.3 Å². The summed E-state index contributed by atoms with van der Waals surface area (Å²) >= 11 is 12.7. The van der Waals surface area contributed by atoms with Crippen molar-refractivity contribution in [2.24, 2.45) is 11.8 Å². The summed E-state index contributed by atoms with van der Waals surface area (Å²) in [6.07, 6.45) is -3.02. The van der Waals surface area contributed by atoms with Crippen molar-refractivity contribution in [3.8, 4) is 17.2 Å². The number of amides is 1. The van der Waals surface area contributed by atoms with E-state index in [4.69, 9.17) is 27.9 Å². The number of carbonyl (C=O) groups is 1. The van der Waals surface area contributed by atoms with Gasteiger partial charge < -0.3 is 15.0 Å². The lowest BCUT2D eigenvalue weighted by Crippen LogP contribution is -2.45. The van der Waals surface area contributed by atoms with Gasteiger partial charge in [0.1, 0.15) is 5.52 Å². The molecule has 49 heavy (non-hydrogen) atoms. The number of piperidine rings is 1. The largest absolute Gasteiger partial charge is 0.522 e. The summed E-state index contributed by atoms with van der Waals surface area (Å²) in [5.74, 6) is -0.224. The number of aryl methyl sites for hydroxylation is 2. The third kappa shape index (κ3) is 6.09. The molecular formula is C35H33Cl2F4N5O3. The Morgan fingerprint density at radius 2 is 1.94 bits per heavy atom. The van der Waals surface area contributed by atoms with Crippen molar-refractivity contribution in [1.82, 2.24) is 20.2 Å². The van der Waals surface area contributed by atoms with E-state index in [-0.39, 0.29) is 40.4 Å². The average molecular weight is 719 g/mol. The van der Waals surface area contributed by atoms with Crippen LogP contribution in [0.4, 0.5) is 22.4 Å². The van der Waals surface area contributed by atoms with Gasteiger partial charge in [0, 0.05) is 57.7 Å². The van der Waals surface area contributed by atoms with Crippen LogP contribution in [-0.4, -0.2) is 59.2 Å². The highest BCUT2D eigenvalue weighted by Crippen LogP contribution is 2.53. The lowest BCUT2D eigenvalue weighted by molar-refractivity contribution is -0.349. The highest BCUT2D eigenvalue weighted by Gasteiger charge is 2.57. The maximum atomic E-state index is 16.5. The number of hydrogen-bond donors (Lipinski definition) is 2. The number of fused-ring (bicyclic) bond motifs is 6. The van der Waals surface area contributed by atoms with Crippen LogP contribution < -0.4 is 5.32 Å². The molecule has 8 nitrogen and oxygen atoms in total. The molecular weight excluding hydrogens is 685 g/mol. The molecule has 4 aromatic rings. The second-order valence-electron chi connectivity index (χ2n) is 13.2. The maximum Gasteiger partial charge on any atom is 0.522 e. The summed E-state index contributed by atoms with van der Waals surface area (Å²) in [4.78, 5) is 22.1. The van der Waals surface area contributed by atoms with E-state index in [1.807, 2.05) is 0 Å². The zero-order valence-electron chi connectivity index (χ0n) is 26.6. The number of likely N-dealkylation sites (tertiary alicyclic amines) is 1. The first-order valence-corrected chi connectivity index (χ1v) is 16.9. The Morgan fingerprint density at radius 3 is 2.57 bits per heavy atom. The predicted molar refractivity (Wildman–Crippen MR) is 177 cm³/mol. The fraction of sp³-hybridized carbons (Fsp3) is 0.457. The van der Waals surface area contributed by atoms with Gasteiger partial charge in [-0.3, -0.25) is 9.64 Å². The number of methoxy groups -OCH3 is 1. The van der Waals surface area contributed by atoms with Crippen LogP contribution in [0, 0.1) is 35.9 Å². The second kappa shape index (κ2) is 12.9. The molecule has 9 rings (SSSR count). The minimum atomic E-state index is -4.83. The summed E-state index contributed by atoms with van der Waals surface area (Å²) in [5, 5.41) is 14.1. The van der Waals surface area contributed by atoms with Gasteiger partial charge in [0.05, 0.1) is 40.9 Å². The molecule has 2 N–H and O–H groups in total. The fourth-order valence-corrected chi connectivity index (χ4v) is 8.58. The molecule has 0 radical (unpaired) electrons. The minimum Gasteiger partial charge on any atom is -0.453 e. The first-order chi connectivity index (χ1) is 23.4. The number of nitrogens with one attached hydrogen (secondary N) is 2. The third-order valence-corrected chi connectivity index (χ3v) is 11.2. The van der Waals surface area contributed by atoms with Gasteiger partial charge in [-0.05, 0) is 75.3 Å². The standard InChI is InChI=1S/C30H24Cl2F4N4O3.C5H9N/c1-13-17-12-21(28-18-10-15(40(28)29(41)42-2)11-22(18)43-30(34,35)36)39-26(17)19-9-14(5-4-8-37)23(25(33)27(19)38-13)16-6-3-7-20(31)24(16)32;1-4-2-5(1)6-3-4/h3,6-7,9,12,15,18,22,28,39H,4-5,10-11H2,1-2H3;4-6H,1-3H2. The second-order valence-corrected chi connectivity index (χ2v) is 14.0. The highest BCUT2D eigenvalue weighted by atomic mass is 35.5. The number of pyridine rings is 1. The van der Waals surface area contributed by atoms with Crippen LogP contribution in [0.2, 0.25) is 10.0 Å². The van der Waals surface area contributed by atoms with Crippen molar-refractivity contribution < 1.29 is 31.8 Å². The number of ether oxygens (including phenoxy) is 2. The van der Waals surface area contributed by atoms with Gasteiger partial charge in [0.15, 0.2) is 5.82 Å². The van der Waals surface area contributed by atoms with Gasteiger partial charge in [-0.15, -0.1) is 13.2 Å². The maximum absolute atomic E-state index is 16.5. The Balaban J connectivity index is 0.000000561. The molecule has 258 valence electrons. The fourth-order valence-electron chi connectivity index (χ4n) is 8.18. The molecule has 4 atom stereocenters. The van der Waals surface area contributed by atoms with Crippen LogP contribution in [0.25, 0.3) is 32.9 Å². The Kier molecular flexibility index (Phi) is 8.93. The van der Waals surface area contributed by atoms with Crippen LogP contribution in [0.15, 0.2) is 30.3 Å². The number of alkyl halides is 3. The molecule has 0 spiro atoms. The number of benzene rings is 2. The minimum absolute atomic E-state index is 0.0296. The smallest absolute Gasteiger partial charge is 0.453 e. The Bertz CT molecular complexity index is 1980. The van der Waals surface area contributed by atoms with Gasteiger partial charge in [-0.25, -0.2) is 14.2 Å². The molecule has 3 saturated heterocycles. The van der Waals surface area contributed by atoms with Crippen LogP contribution in [0.5, 0.6) is 0 Å². The summed E-state index contributed by atoms with van der Waals surface area (Å²) < 4.78 is 65.6. The van der Waals surface area contributed by atoms with Crippen molar-refractivity contribution in [3.05, 3.63) is 63.1 Å². The molecule has 5 heterocycles. The normalized spacial score (nSPS) is 25.3. The summed E-state index contributed by atoms with van der Waals surface area (Å²) in [6, 6.07) is 10.1. The summed E-state index contributed by atoms with van der Waals surface area (Å²) in [6.45, 7) is 3.01. The van der Waals surface area contributed by atoms with Gasteiger partial charge in [-0.2, -0.15) is 5.26 Å². The van der Waals surface area contributed by atoms with Crippen LogP contribution >= 0.6 is 23.2 Å². The molecule has 2 saturated carbocycles. The Morgan fingerprint density at radius 1 is 1.16 bits per heavy atom. The number of aromatic amines is 1. The number of hydrogen-bond acceptors (Lipinski definition) is 6. The van der Waals surface area contributed by atoms with Crippen LogP contribution in [0.1, 0.15) is 55.1 Å². The van der Waals surface area contributed by atoms with E-state index >= 15 is 4.39 Å². The summed E-state index contributed by atoms with van der Waals surface area (Å²) in [7, 11) is 1.22. The van der Waals surface area contributed by atoms with Crippen LogP contribution in [-0.2, 0) is 15.9 Å². The monoisotopic (exact) mass is 717 g/mol. The van der Waals surface area contributed by atoms with Crippen molar-refractivity contribution in [1.29, 1.82) is 5.26 Å². The number of H-pyrrole nitrogens is 1. The molecule has 1 amide bonds. The zero-order chi connectivity index (χ0) is 34.8. The molecule has 2 aromatic heterocycles. The van der Waals surface area contributed by atoms with E-state index in [0.717, 1.165) is 12.0 Å². The molecule has 4 unspecified atom stereocenters. The van der Waals surface area contributed by atoms with E-state index in [1.165, 1.54) is 31.4 Å². The topological polar surface area (TPSA) is 103 Å². The SMILES string of the molecule is C1NC2CC1C2.COC(=O)N1C2CC(OC(F)(F)F)C(C2)C1c1cc2c(C)nc3c(F)c(-c4cccc(Cl)c4Cl)c(CCC#N)cc3c2[nH]1. The average Bonchev–Trinajstić information content (AvgIpc) is 3.88. The Hall–Kier alpha value is -3.63. The zero-order valence-corrected chi connectivity index (χ0v) is 28.1. The molecule has 14 heteroatoms. The van der Waals surface area contributed by atoms with Crippen molar-refractivity contribution in [2.75, 3.05) is 13.7 Å². The molecule has 5 aliphatic rings. The van der Waals surface area contributed by atoms with Crippen molar-refractivity contribution in [2.45, 2.75) is 76.0 Å². The summed E-state index contributed by atoms with van der Waals surface area (Å²) in [5.41, 5.74) is 2.52. The van der Waals surface area contributed by atoms with E-state index < -0.39 is 42.4 Å². The van der Waals surface area contributed by atoms with E-state index in [0.29, 0.717) is 45.2 Å². The van der Waals surface area contributed by atoms with E-state index in [9.17, 15) is 23.2 Å². The van der Waals surface area contributed by atoms with Gasteiger partial charge in [0.25, 0.3) is 0 Å². The quantitative estimate of drug-likeness (QED) is 0.200. The Labute approximate surface area is 289 Å². The lowest BCUT2D eigenvalue weighted by Gasteiger charge is -2.37. The third-order valence-electron chi connectivity index (χ3n) is 10.4. The lowest BCUT2D eigenvalue weighted by atomic mass is 9.87. The first-order valence-electron chi connectivity index (χ1n) is 16.2. The predicted octanol–water partition coefficient (Wildman–Crippen LogP) is 8.77. The molecule has 5 fully saturated rings. The number of aromatic nitrogens is 2. The number of halogens is 6. The van der Waals surface area contributed by atoms with Gasteiger partial charge in [-0.1, -0.05) is 35.3 Å². The van der Waals surface area contributed by atoms with Crippen LogP contribution in [0.3, 0.4) is 0 Å². The number of rotatable bonds is 5.